The van der Waals surface area contributed by atoms with E-state index in [-0.39, 0.29) is 16.9 Å². The van der Waals surface area contributed by atoms with Crippen molar-refractivity contribution in [3.8, 4) is 11.3 Å². The van der Waals surface area contributed by atoms with Crippen LogP contribution in [0.25, 0.3) is 11.3 Å². The van der Waals surface area contributed by atoms with Crippen molar-refractivity contribution < 1.29 is 9.59 Å². The fourth-order valence-corrected chi connectivity index (χ4v) is 5.51. The van der Waals surface area contributed by atoms with Gasteiger partial charge in [-0.2, -0.15) is 0 Å². The van der Waals surface area contributed by atoms with E-state index in [0.29, 0.717) is 15.8 Å². The molecule has 9 heteroatoms. The molecule has 0 saturated heterocycles. The van der Waals surface area contributed by atoms with Gasteiger partial charge in [-0.25, -0.2) is 4.98 Å². The van der Waals surface area contributed by atoms with Crippen LogP contribution in [-0.4, -0.2) is 27.0 Å². The van der Waals surface area contributed by atoms with E-state index in [9.17, 15) is 9.59 Å². The maximum absolute atomic E-state index is 12.9. The van der Waals surface area contributed by atoms with E-state index in [2.05, 4.69) is 20.9 Å². The van der Waals surface area contributed by atoms with Crippen molar-refractivity contribution in [3.63, 3.8) is 0 Å². The van der Waals surface area contributed by atoms with Gasteiger partial charge in [0, 0.05) is 32.3 Å². The van der Waals surface area contributed by atoms with Gasteiger partial charge in [0.15, 0.2) is 16.0 Å². The van der Waals surface area contributed by atoms with Crippen LogP contribution in [0.1, 0.15) is 29.1 Å². The Labute approximate surface area is 229 Å². The SMILES string of the molecule is CC(=O)c1ccc(NC(=S)Nc2cccc(SC(C)C(=O)Nc3nc(-c4ccccc4)c(C)s3)c2)cc1. The van der Waals surface area contributed by atoms with Crippen LogP contribution in [0.4, 0.5) is 16.5 Å². The van der Waals surface area contributed by atoms with Crippen molar-refractivity contribution in [2.45, 2.75) is 30.9 Å². The number of hydrogen-bond donors (Lipinski definition) is 3. The lowest BCUT2D eigenvalue weighted by molar-refractivity contribution is -0.115. The number of rotatable bonds is 8. The summed E-state index contributed by atoms with van der Waals surface area (Å²) in [6.45, 7) is 5.41. The molecule has 3 N–H and O–H groups in total. The van der Waals surface area contributed by atoms with Crippen LogP contribution in [0.15, 0.2) is 83.8 Å². The van der Waals surface area contributed by atoms with Crippen molar-refractivity contribution in [2.75, 3.05) is 16.0 Å². The van der Waals surface area contributed by atoms with Crippen LogP contribution in [-0.2, 0) is 4.79 Å². The van der Waals surface area contributed by atoms with Gasteiger partial charge >= 0.3 is 0 Å². The van der Waals surface area contributed by atoms with E-state index >= 15 is 0 Å². The van der Waals surface area contributed by atoms with Gasteiger partial charge in [0.25, 0.3) is 0 Å². The summed E-state index contributed by atoms with van der Waals surface area (Å²) >= 11 is 8.36. The van der Waals surface area contributed by atoms with Gasteiger partial charge < -0.3 is 16.0 Å². The molecule has 0 aliphatic carbocycles. The lowest BCUT2D eigenvalue weighted by Crippen LogP contribution is -2.22. The number of benzene rings is 3. The van der Waals surface area contributed by atoms with Crippen molar-refractivity contribution in [1.82, 2.24) is 4.98 Å². The summed E-state index contributed by atoms with van der Waals surface area (Å²) in [5.74, 6) is -0.0916. The van der Waals surface area contributed by atoms with Crippen molar-refractivity contribution in [2.24, 2.45) is 0 Å². The molecule has 6 nitrogen and oxygen atoms in total. The molecule has 0 spiro atoms. The van der Waals surface area contributed by atoms with Crippen LogP contribution >= 0.6 is 35.3 Å². The number of aromatic nitrogens is 1. The number of thiocarbonyl (C=S) groups is 1. The third-order valence-corrected chi connectivity index (χ3v) is 7.58. The number of amides is 1. The second-order valence-electron chi connectivity index (χ2n) is 8.28. The lowest BCUT2D eigenvalue weighted by atomic mass is 10.1. The molecule has 1 unspecified atom stereocenters. The number of nitrogens with zero attached hydrogens (tertiary/aromatic N) is 1. The number of carbonyl (C=O) groups excluding carboxylic acids is 2. The minimum absolute atomic E-state index is 0.0168. The summed E-state index contributed by atoms with van der Waals surface area (Å²) in [6, 6.07) is 24.8. The fraction of sp³-hybridized carbons (Fsp3) is 0.143. The van der Waals surface area contributed by atoms with Crippen molar-refractivity contribution >= 4 is 68.6 Å². The molecule has 4 rings (SSSR count). The first-order chi connectivity index (χ1) is 17.8. The van der Waals surface area contributed by atoms with Gasteiger partial charge in [-0.1, -0.05) is 36.4 Å². The summed E-state index contributed by atoms with van der Waals surface area (Å²) in [5.41, 5.74) is 4.15. The Morgan fingerprint density at radius 2 is 1.62 bits per heavy atom. The van der Waals surface area contributed by atoms with Crippen LogP contribution < -0.4 is 16.0 Å². The number of carbonyl (C=O) groups is 2. The second kappa shape index (κ2) is 12.1. The van der Waals surface area contributed by atoms with Gasteiger partial charge in [-0.3, -0.25) is 9.59 Å². The van der Waals surface area contributed by atoms with Crippen LogP contribution in [0.5, 0.6) is 0 Å². The molecule has 4 aromatic rings. The highest BCUT2D eigenvalue weighted by molar-refractivity contribution is 8.00. The van der Waals surface area contributed by atoms with E-state index in [0.717, 1.165) is 32.4 Å². The predicted octanol–water partition coefficient (Wildman–Crippen LogP) is 7.25. The zero-order chi connectivity index (χ0) is 26.4. The molecule has 0 saturated carbocycles. The highest BCUT2D eigenvalue weighted by atomic mass is 32.2. The molecule has 0 fully saturated rings. The number of hydrogen-bond acceptors (Lipinski definition) is 6. The maximum Gasteiger partial charge on any atom is 0.239 e. The smallest absolute Gasteiger partial charge is 0.239 e. The van der Waals surface area contributed by atoms with E-state index < -0.39 is 0 Å². The van der Waals surface area contributed by atoms with Crippen LogP contribution in [0, 0.1) is 6.92 Å². The third kappa shape index (κ3) is 7.25. The maximum atomic E-state index is 12.9. The molecule has 0 aliphatic heterocycles. The number of Topliss-reactive ketones (excluding diaryl/α,β-unsaturated/α-hetero) is 1. The minimum atomic E-state index is -0.329. The van der Waals surface area contributed by atoms with Crippen molar-refractivity contribution in [1.29, 1.82) is 0 Å². The van der Waals surface area contributed by atoms with Gasteiger partial charge in [0.05, 0.1) is 10.9 Å². The molecule has 0 bridgehead atoms. The first-order valence-corrected chi connectivity index (χ1v) is 13.7. The summed E-state index contributed by atoms with van der Waals surface area (Å²) in [5, 5.41) is 9.93. The molecule has 0 aliphatic rings. The number of thioether (sulfide) groups is 1. The Kier molecular flexibility index (Phi) is 8.70. The number of anilines is 3. The van der Waals surface area contributed by atoms with Crippen LogP contribution in [0.2, 0.25) is 0 Å². The highest BCUT2D eigenvalue weighted by Crippen LogP contribution is 2.31. The Morgan fingerprint density at radius 3 is 2.32 bits per heavy atom. The monoisotopic (exact) mass is 546 g/mol. The molecule has 188 valence electrons. The van der Waals surface area contributed by atoms with Gasteiger partial charge in [-0.15, -0.1) is 23.1 Å². The first-order valence-electron chi connectivity index (χ1n) is 11.6. The number of ketones is 1. The van der Waals surface area contributed by atoms with Crippen molar-refractivity contribution in [3.05, 3.63) is 89.3 Å². The second-order valence-corrected chi connectivity index (χ2v) is 11.3. The predicted molar refractivity (Wildman–Crippen MR) is 159 cm³/mol. The molecule has 3 aromatic carbocycles. The summed E-state index contributed by atoms with van der Waals surface area (Å²) in [6.07, 6.45) is 0. The molecule has 1 heterocycles. The average Bonchev–Trinajstić information content (AvgIpc) is 3.24. The molecular weight excluding hydrogens is 521 g/mol. The van der Waals surface area contributed by atoms with Gasteiger partial charge in [0.2, 0.25) is 5.91 Å². The standard InChI is InChI=1S/C28H26N4O2S3/c1-17(33)20-12-14-22(15-13-20)29-27(35)30-23-10-7-11-24(16-23)36-19(3)26(34)32-28-31-25(18(2)37-28)21-8-5-4-6-9-21/h4-16,19H,1-3H3,(H2,29,30,35)(H,31,32,34). The summed E-state index contributed by atoms with van der Waals surface area (Å²) < 4.78 is 0. The van der Waals surface area contributed by atoms with Gasteiger partial charge in [-0.05, 0) is 75.5 Å². The quantitative estimate of drug-likeness (QED) is 0.122. The molecule has 37 heavy (non-hydrogen) atoms. The first kappa shape index (κ1) is 26.5. The zero-order valence-corrected chi connectivity index (χ0v) is 23.0. The van der Waals surface area contributed by atoms with E-state index in [1.807, 2.05) is 80.6 Å². The largest absolute Gasteiger partial charge is 0.332 e. The number of nitrogens with one attached hydrogen (secondary N) is 3. The van der Waals surface area contributed by atoms with E-state index in [1.165, 1.54) is 30.0 Å². The molecule has 1 aromatic heterocycles. The summed E-state index contributed by atoms with van der Waals surface area (Å²) in [4.78, 5) is 30.9. The Bertz CT molecular complexity index is 1420. The topological polar surface area (TPSA) is 83.1 Å². The molecule has 0 radical (unpaired) electrons. The Hall–Kier alpha value is -3.53. The third-order valence-electron chi connectivity index (χ3n) is 5.40. The minimum Gasteiger partial charge on any atom is -0.332 e. The fourth-order valence-electron chi connectivity index (χ4n) is 3.51. The normalized spacial score (nSPS) is 11.4. The lowest BCUT2D eigenvalue weighted by Gasteiger charge is -2.13. The Morgan fingerprint density at radius 1 is 0.919 bits per heavy atom. The molecular formula is C28H26N4O2S3. The number of thiazole rings is 1. The highest BCUT2D eigenvalue weighted by Gasteiger charge is 2.18. The molecule has 1 atom stereocenters. The number of aryl methyl sites for hydroxylation is 1. The van der Waals surface area contributed by atoms with Gasteiger partial charge in [0.1, 0.15) is 0 Å². The zero-order valence-electron chi connectivity index (χ0n) is 20.6. The van der Waals surface area contributed by atoms with E-state index in [1.54, 1.807) is 12.1 Å². The molecule has 1 amide bonds. The summed E-state index contributed by atoms with van der Waals surface area (Å²) in [7, 11) is 0. The van der Waals surface area contributed by atoms with Crippen LogP contribution in [0.3, 0.4) is 0 Å². The van der Waals surface area contributed by atoms with E-state index in [4.69, 9.17) is 12.2 Å². The average molecular weight is 547 g/mol. The Balaban J connectivity index is 1.33.